The van der Waals surface area contributed by atoms with E-state index in [-0.39, 0.29) is 12.0 Å². The minimum atomic E-state index is -0.0860. The molecule has 3 heterocycles. The third-order valence-electron chi connectivity index (χ3n) is 3.45. The number of hydrogen-bond acceptors (Lipinski definition) is 4. The zero-order chi connectivity index (χ0) is 14.2. The Morgan fingerprint density at radius 3 is 3.05 bits per heavy atom. The minimum absolute atomic E-state index is 0.0860. The van der Waals surface area contributed by atoms with Crippen LogP contribution in [0.25, 0.3) is 11.6 Å². The van der Waals surface area contributed by atoms with Crippen molar-refractivity contribution in [3.05, 3.63) is 46.2 Å². The highest BCUT2D eigenvalue weighted by Crippen LogP contribution is 2.40. The van der Waals surface area contributed by atoms with E-state index in [1.165, 1.54) is 0 Å². The largest absolute Gasteiger partial charge is 0.490 e. The average Bonchev–Trinajstić information content (AvgIpc) is 3.07. The summed E-state index contributed by atoms with van der Waals surface area (Å²) in [7, 11) is 0. The maximum absolute atomic E-state index is 12.2. The molecule has 1 fully saturated rings. The summed E-state index contributed by atoms with van der Waals surface area (Å²) in [6, 6.07) is 9.63. The molecule has 1 saturated heterocycles. The van der Waals surface area contributed by atoms with Gasteiger partial charge in [-0.15, -0.1) is 11.3 Å². The van der Waals surface area contributed by atoms with Crippen LogP contribution in [0.15, 0.2) is 35.7 Å². The fourth-order valence-electron chi connectivity index (χ4n) is 2.34. The number of thiophene rings is 1. The highest BCUT2D eigenvalue weighted by atomic mass is 32.1. The standard InChI is InChI=1S/C16H13NO3S/c18-16-12(7-11-3-2-6-21-11)15-13(17-16)4-1-5-14(15)20-9-10-8-19-10/h1-7,10H,8-9H2,(H,17,18). The Hall–Kier alpha value is -2.11. The maximum atomic E-state index is 12.2. The third kappa shape index (κ3) is 2.46. The summed E-state index contributed by atoms with van der Waals surface area (Å²) >= 11 is 1.60. The molecule has 1 unspecified atom stereocenters. The van der Waals surface area contributed by atoms with Crippen LogP contribution in [0.2, 0.25) is 0 Å². The SMILES string of the molecule is O=C1Nc2cccc(OCC3CO3)c2C1=Cc1cccs1. The van der Waals surface area contributed by atoms with Crippen LogP contribution >= 0.6 is 11.3 Å². The van der Waals surface area contributed by atoms with Gasteiger partial charge in [0.15, 0.2) is 0 Å². The highest BCUT2D eigenvalue weighted by molar-refractivity contribution is 7.11. The van der Waals surface area contributed by atoms with Crippen LogP contribution in [-0.4, -0.2) is 25.2 Å². The second-order valence-electron chi connectivity index (χ2n) is 4.97. The van der Waals surface area contributed by atoms with Gasteiger partial charge in [0.2, 0.25) is 0 Å². The van der Waals surface area contributed by atoms with Gasteiger partial charge in [0.05, 0.1) is 23.4 Å². The van der Waals surface area contributed by atoms with Crippen molar-refractivity contribution in [2.75, 3.05) is 18.5 Å². The van der Waals surface area contributed by atoms with Crippen LogP contribution < -0.4 is 10.1 Å². The van der Waals surface area contributed by atoms with Crippen molar-refractivity contribution >= 4 is 34.6 Å². The van der Waals surface area contributed by atoms with Gasteiger partial charge in [-0.25, -0.2) is 0 Å². The van der Waals surface area contributed by atoms with Crippen molar-refractivity contribution in [1.82, 2.24) is 0 Å². The molecule has 0 aliphatic carbocycles. The van der Waals surface area contributed by atoms with Gasteiger partial charge in [-0.2, -0.15) is 0 Å². The molecule has 2 aliphatic rings. The Balaban J connectivity index is 1.73. The first-order chi connectivity index (χ1) is 10.3. The Morgan fingerprint density at radius 2 is 2.29 bits per heavy atom. The van der Waals surface area contributed by atoms with E-state index in [1.807, 2.05) is 41.8 Å². The van der Waals surface area contributed by atoms with Crippen molar-refractivity contribution in [2.45, 2.75) is 6.10 Å². The summed E-state index contributed by atoms with van der Waals surface area (Å²) in [6.45, 7) is 1.28. The molecule has 4 nitrogen and oxygen atoms in total. The van der Waals surface area contributed by atoms with Crippen molar-refractivity contribution in [3.63, 3.8) is 0 Å². The molecule has 4 rings (SSSR count). The maximum Gasteiger partial charge on any atom is 0.256 e. The average molecular weight is 299 g/mol. The molecule has 5 heteroatoms. The van der Waals surface area contributed by atoms with Gasteiger partial charge in [-0.05, 0) is 29.7 Å². The summed E-state index contributed by atoms with van der Waals surface area (Å²) in [5.41, 5.74) is 2.30. The van der Waals surface area contributed by atoms with E-state index in [0.717, 1.165) is 28.5 Å². The summed E-state index contributed by atoms with van der Waals surface area (Å²) in [5, 5.41) is 4.88. The summed E-state index contributed by atoms with van der Waals surface area (Å²) in [5.74, 6) is 0.640. The zero-order valence-corrected chi connectivity index (χ0v) is 12.0. The Bertz CT molecular complexity index is 717. The number of carbonyl (C=O) groups excluding carboxylic acids is 1. The molecule has 1 amide bonds. The normalized spacial score (nSPS) is 21.2. The Labute approximate surface area is 126 Å². The van der Waals surface area contributed by atoms with E-state index in [0.29, 0.717) is 12.2 Å². The van der Waals surface area contributed by atoms with Gasteiger partial charge in [0.1, 0.15) is 18.5 Å². The molecule has 0 spiro atoms. The van der Waals surface area contributed by atoms with E-state index in [1.54, 1.807) is 11.3 Å². The monoisotopic (exact) mass is 299 g/mol. The summed E-state index contributed by atoms with van der Waals surface area (Å²) < 4.78 is 11.0. The van der Waals surface area contributed by atoms with E-state index < -0.39 is 0 Å². The molecular formula is C16H13NO3S. The van der Waals surface area contributed by atoms with Crippen molar-refractivity contribution in [1.29, 1.82) is 0 Å². The molecule has 21 heavy (non-hydrogen) atoms. The summed E-state index contributed by atoms with van der Waals surface area (Å²) in [6.07, 6.45) is 2.10. The van der Waals surface area contributed by atoms with Crippen LogP contribution in [0.3, 0.4) is 0 Å². The molecule has 0 radical (unpaired) electrons. The molecule has 0 bridgehead atoms. The van der Waals surface area contributed by atoms with Crippen molar-refractivity contribution < 1.29 is 14.3 Å². The smallest absolute Gasteiger partial charge is 0.256 e. The van der Waals surface area contributed by atoms with Crippen LogP contribution in [0.1, 0.15) is 10.4 Å². The van der Waals surface area contributed by atoms with E-state index in [9.17, 15) is 4.79 Å². The number of epoxide rings is 1. The number of nitrogens with one attached hydrogen (secondary N) is 1. The fourth-order valence-corrected chi connectivity index (χ4v) is 2.99. The molecule has 1 atom stereocenters. The molecule has 1 aromatic heterocycles. The van der Waals surface area contributed by atoms with E-state index in [2.05, 4.69) is 5.32 Å². The molecule has 0 saturated carbocycles. The molecule has 1 N–H and O–H groups in total. The van der Waals surface area contributed by atoms with Gasteiger partial charge < -0.3 is 14.8 Å². The summed E-state index contributed by atoms with van der Waals surface area (Å²) in [4.78, 5) is 13.3. The van der Waals surface area contributed by atoms with Crippen molar-refractivity contribution in [3.8, 4) is 5.75 Å². The highest BCUT2D eigenvalue weighted by Gasteiger charge is 2.29. The molecule has 2 aliphatic heterocycles. The lowest BCUT2D eigenvalue weighted by Crippen LogP contribution is -2.05. The Morgan fingerprint density at radius 1 is 1.38 bits per heavy atom. The first-order valence-electron chi connectivity index (χ1n) is 6.75. The first-order valence-corrected chi connectivity index (χ1v) is 7.63. The minimum Gasteiger partial charge on any atom is -0.490 e. The number of ether oxygens (including phenoxy) is 2. The van der Waals surface area contributed by atoms with Gasteiger partial charge in [0.25, 0.3) is 5.91 Å². The molecule has 106 valence electrons. The molecular weight excluding hydrogens is 286 g/mol. The van der Waals surface area contributed by atoms with Crippen LogP contribution in [0.4, 0.5) is 5.69 Å². The lowest BCUT2D eigenvalue weighted by Gasteiger charge is -2.09. The fraction of sp³-hybridized carbons (Fsp3) is 0.188. The molecule has 1 aromatic carbocycles. The lowest BCUT2D eigenvalue weighted by molar-refractivity contribution is -0.110. The van der Waals surface area contributed by atoms with Gasteiger partial charge >= 0.3 is 0 Å². The first kappa shape index (κ1) is 12.6. The third-order valence-corrected chi connectivity index (χ3v) is 4.26. The van der Waals surface area contributed by atoms with Gasteiger partial charge in [0, 0.05) is 4.88 Å². The second-order valence-corrected chi connectivity index (χ2v) is 5.95. The quantitative estimate of drug-likeness (QED) is 0.697. The number of rotatable bonds is 4. The number of amides is 1. The number of anilines is 1. The topological polar surface area (TPSA) is 50.9 Å². The predicted molar refractivity (Wildman–Crippen MR) is 82.5 cm³/mol. The number of hydrogen-bond donors (Lipinski definition) is 1. The number of benzene rings is 1. The van der Waals surface area contributed by atoms with Crippen molar-refractivity contribution in [2.24, 2.45) is 0 Å². The number of fused-ring (bicyclic) bond motifs is 1. The predicted octanol–water partition coefficient (Wildman–Crippen LogP) is 3.02. The van der Waals surface area contributed by atoms with Gasteiger partial charge in [-0.1, -0.05) is 12.1 Å². The zero-order valence-electron chi connectivity index (χ0n) is 11.2. The molecule has 2 aromatic rings. The second kappa shape index (κ2) is 5.02. The Kier molecular flexibility index (Phi) is 3.02. The van der Waals surface area contributed by atoms with Crippen LogP contribution in [0.5, 0.6) is 5.75 Å². The lowest BCUT2D eigenvalue weighted by atomic mass is 10.1. The van der Waals surface area contributed by atoms with Crippen LogP contribution in [-0.2, 0) is 9.53 Å². The van der Waals surface area contributed by atoms with E-state index in [4.69, 9.17) is 9.47 Å². The number of carbonyl (C=O) groups is 1. The van der Waals surface area contributed by atoms with Crippen LogP contribution in [0, 0.1) is 0 Å². The van der Waals surface area contributed by atoms with Gasteiger partial charge in [-0.3, -0.25) is 4.79 Å². The van der Waals surface area contributed by atoms with E-state index >= 15 is 0 Å².